The van der Waals surface area contributed by atoms with Gasteiger partial charge in [-0.3, -0.25) is 4.79 Å². The topological polar surface area (TPSA) is 125 Å². The zero-order valence-electron chi connectivity index (χ0n) is 16.1. The maximum Gasteiger partial charge on any atom is 0.255 e. The molecule has 0 spiro atoms. The molecule has 0 bridgehead atoms. The van der Waals surface area contributed by atoms with Crippen LogP contribution >= 0.6 is 0 Å². The van der Waals surface area contributed by atoms with Gasteiger partial charge in [-0.05, 0) is 59.7 Å². The number of aromatic nitrogens is 2. The number of benzene rings is 3. The number of anilines is 2. The molecule has 3 aromatic carbocycles. The number of hydrogen-bond donors (Lipinski definition) is 4. The Kier molecular flexibility index (Phi) is 5.26. The fourth-order valence-electron chi connectivity index (χ4n) is 3.00. The number of halogens is 1. The van der Waals surface area contributed by atoms with Crippen molar-refractivity contribution in [2.24, 2.45) is 0 Å². The number of H-pyrrole nitrogens is 1. The molecule has 31 heavy (non-hydrogen) atoms. The number of hydrogen-bond acceptors (Lipinski definition) is 5. The molecule has 0 aliphatic heterocycles. The molecule has 1 unspecified atom stereocenters. The van der Waals surface area contributed by atoms with Gasteiger partial charge in [0.15, 0.2) is 0 Å². The standard InChI is InChI=1S/C22H18FN5O2S/c23-17-6-1-14(2-7-17)16-5-10-19(24)20(13-16)28-21(29)15-3-8-18(9-4-15)31(25,30)22-26-11-12-27-22/h1-13,25H,24H2,(H,26,27)(H,28,29). The van der Waals surface area contributed by atoms with Gasteiger partial charge in [-0.25, -0.2) is 18.4 Å². The number of carbonyl (C=O) groups excluding carboxylic acids is 1. The first kappa shape index (κ1) is 20.3. The van der Waals surface area contributed by atoms with Crippen molar-refractivity contribution in [3.05, 3.63) is 90.5 Å². The van der Waals surface area contributed by atoms with Crippen LogP contribution in [0.1, 0.15) is 10.4 Å². The van der Waals surface area contributed by atoms with Crippen LogP contribution in [0.4, 0.5) is 15.8 Å². The monoisotopic (exact) mass is 435 g/mol. The summed E-state index contributed by atoms with van der Waals surface area (Å²) in [5, 5.41) is 2.81. The van der Waals surface area contributed by atoms with Crippen molar-refractivity contribution in [1.29, 1.82) is 4.78 Å². The van der Waals surface area contributed by atoms with Gasteiger partial charge in [0, 0.05) is 18.0 Å². The Balaban J connectivity index is 1.56. The number of aromatic amines is 1. The number of imidazole rings is 1. The SMILES string of the molecule is N=S(=O)(c1ccc(C(=O)Nc2cc(-c3ccc(F)cc3)ccc2N)cc1)c1ncc[nH]1. The lowest BCUT2D eigenvalue weighted by Crippen LogP contribution is -2.13. The molecule has 9 heteroatoms. The number of carbonyl (C=O) groups is 1. The van der Waals surface area contributed by atoms with Gasteiger partial charge >= 0.3 is 0 Å². The fourth-order valence-corrected chi connectivity index (χ4v) is 4.18. The fraction of sp³-hybridized carbons (Fsp3) is 0. The van der Waals surface area contributed by atoms with Crippen LogP contribution in [-0.2, 0) is 9.73 Å². The molecule has 4 rings (SSSR count). The Labute approximate surface area is 178 Å². The quantitative estimate of drug-likeness (QED) is 0.344. The van der Waals surface area contributed by atoms with Crippen LogP contribution < -0.4 is 11.1 Å². The Morgan fingerprint density at radius 1 is 1.03 bits per heavy atom. The first-order valence-electron chi connectivity index (χ1n) is 9.20. The molecule has 0 saturated carbocycles. The lowest BCUT2D eigenvalue weighted by Gasteiger charge is -2.11. The van der Waals surface area contributed by atoms with E-state index in [0.717, 1.165) is 11.1 Å². The lowest BCUT2D eigenvalue weighted by atomic mass is 10.0. The first-order valence-corrected chi connectivity index (χ1v) is 10.8. The van der Waals surface area contributed by atoms with Crippen LogP contribution in [0.5, 0.6) is 0 Å². The van der Waals surface area contributed by atoms with Gasteiger partial charge < -0.3 is 16.0 Å². The van der Waals surface area contributed by atoms with Crippen molar-refractivity contribution in [2.75, 3.05) is 11.1 Å². The third-order valence-corrected chi connectivity index (χ3v) is 6.38. The van der Waals surface area contributed by atoms with Crippen LogP contribution in [0.15, 0.2) is 89.2 Å². The molecule has 1 atom stereocenters. The van der Waals surface area contributed by atoms with Gasteiger partial charge in [-0.1, -0.05) is 18.2 Å². The number of amides is 1. The molecule has 1 heterocycles. The van der Waals surface area contributed by atoms with Crippen molar-refractivity contribution in [2.45, 2.75) is 10.1 Å². The summed E-state index contributed by atoms with van der Waals surface area (Å²) in [7, 11) is -3.29. The van der Waals surface area contributed by atoms with E-state index in [1.54, 1.807) is 30.3 Å². The lowest BCUT2D eigenvalue weighted by molar-refractivity contribution is 0.102. The highest BCUT2D eigenvalue weighted by Crippen LogP contribution is 2.28. The third-order valence-electron chi connectivity index (χ3n) is 4.67. The molecule has 5 N–H and O–H groups in total. The average Bonchev–Trinajstić information content (AvgIpc) is 3.32. The van der Waals surface area contributed by atoms with Gasteiger partial charge in [0.05, 0.1) is 16.3 Å². The minimum atomic E-state index is -3.29. The highest BCUT2D eigenvalue weighted by atomic mass is 32.2. The Hall–Kier alpha value is -3.98. The zero-order chi connectivity index (χ0) is 22.0. The molecular formula is C22H18FN5O2S. The molecule has 1 amide bonds. The number of nitrogens with one attached hydrogen (secondary N) is 3. The molecular weight excluding hydrogens is 417 g/mol. The molecule has 0 aliphatic carbocycles. The normalized spacial score (nSPS) is 12.8. The second-order valence-corrected chi connectivity index (χ2v) is 8.71. The first-order chi connectivity index (χ1) is 14.8. The van der Waals surface area contributed by atoms with Crippen molar-refractivity contribution < 1.29 is 13.4 Å². The van der Waals surface area contributed by atoms with Crippen molar-refractivity contribution in [1.82, 2.24) is 9.97 Å². The van der Waals surface area contributed by atoms with Crippen LogP contribution in [0, 0.1) is 10.6 Å². The summed E-state index contributed by atoms with van der Waals surface area (Å²) in [5.74, 6) is -0.746. The second kappa shape index (κ2) is 8.04. The summed E-state index contributed by atoms with van der Waals surface area (Å²) in [6.07, 6.45) is 2.92. The van der Waals surface area contributed by atoms with Gasteiger partial charge in [0.25, 0.3) is 5.91 Å². The zero-order valence-corrected chi connectivity index (χ0v) is 16.9. The predicted molar refractivity (Wildman–Crippen MR) is 117 cm³/mol. The second-order valence-electron chi connectivity index (χ2n) is 6.74. The van der Waals surface area contributed by atoms with E-state index in [1.807, 2.05) is 0 Å². The summed E-state index contributed by atoms with van der Waals surface area (Å²) in [4.78, 5) is 19.5. The minimum absolute atomic E-state index is 0.0510. The molecule has 0 fully saturated rings. The number of nitrogens with zero attached hydrogens (tertiary/aromatic N) is 1. The van der Waals surface area contributed by atoms with Crippen molar-refractivity contribution >= 4 is 27.0 Å². The number of nitrogen functional groups attached to an aromatic ring is 1. The molecule has 0 radical (unpaired) electrons. The van der Waals surface area contributed by atoms with E-state index in [-0.39, 0.29) is 15.9 Å². The number of nitrogens with two attached hydrogens (primary N) is 1. The summed E-state index contributed by atoms with van der Waals surface area (Å²) in [5.41, 5.74) is 8.66. The Morgan fingerprint density at radius 2 is 1.71 bits per heavy atom. The van der Waals surface area contributed by atoms with Gasteiger partial charge in [-0.15, -0.1) is 0 Å². The van der Waals surface area contributed by atoms with E-state index in [0.29, 0.717) is 16.9 Å². The number of rotatable bonds is 5. The Bertz CT molecular complexity index is 1330. The molecule has 1 aromatic heterocycles. The van der Waals surface area contributed by atoms with E-state index in [2.05, 4.69) is 15.3 Å². The van der Waals surface area contributed by atoms with Crippen LogP contribution in [0.25, 0.3) is 11.1 Å². The van der Waals surface area contributed by atoms with Crippen molar-refractivity contribution in [3.63, 3.8) is 0 Å². The third kappa shape index (κ3) is 4.17. The Morgan fingerprint density at radius 3 is 2.35 bits per heavy atom. The highest BCUT2D eigenvalue weighted by molar-refractivity contribution is 7.92. The smallest absolute Gasteiger partial charge is 0.255 e. The largest absolute Gasteiger partial charge is 0.397 e. The average molecular weight is 435 g/mol. The maximum absolute atomic E-state index is 13.2. The van der Waals surface area contributed by atoms with Gasteiger partial charge in [-0.2, -0.15) is 0 Å². The van der Waals surface area contributed by atoms with Crippen LogP contribution in [-0.4, -0.2) is 20.1 Å². The van der Waals surface area contributed by atoms with Crippen LogP contribution in [0.3, 0.4) is 0 Å². The van der Waals surface area contributed by atoms with E-state index in [9.17, 15) is 13.4 Å². The molecule has 7 nitrogen and oxygen atoms in total. The molecule has 156 valence electrons. The summed E-state index contributed by atoms with van der Waals surface area (Å²) in [6, 6.07) is 17.1. The summed E-state index contributed by atoms with van der Waals surface area (Å²) >= 11 is 0. The summed E-state index contributed by atoms with van der Waals surface area (Å²) in [6.45, 7) is 0. The van der Waals surface area contributed by atoms with Crippen molar-refractivity contribution in [3.8, 4) is 11.1 Å². The van der Waals surface area contributed by atoms with E-state index in [4.69, 9.17) is 10.5 Å². The van der Waals surface area contributed by atoms with Gasteiger partial charge in [0.1, 0.15) is 15.5 Å². The molecule has 0 saturated heterocycles. The summed E-state index contributed by atoms with van der Waals surface area (Å²) < 4.78 is 34.0. The highest BCUT2D eigenvalue weighted by Gasteiger charge is 2.17. The van der Waals surface area contributed by atoms with Gasteiger partial charge in [0.2, 0.25) is 5.16 Å². The van der Waals surface area contributed by atoms with Crippen LogP contribution in [0.2, 0.25) is 0 Å². The van der Waals surface area contributed by atoms with E-state index < -0.39 is 15.6 Å². The molecule has 0 aliphatic rings. The van der Waals surface area contributed by atoms with E-state index in [1.165, 1.54) is 48.8 Å². The molecule has 4 aromatic rings. The predicted octanol–water partition coefficient (Wildman–Crippen LogP) is 4.52. The maximum atomic E-state index is 13.2. The van der Waals surface area contributed by atoms with E-state index >= 15 is 0 Å². The minimum Gasteiger partial charge on any atom is -0.397 e.